The van der Waals surface area contributed by atoms with Gasteiger partial charge in [-0.05, 0) is 18.7 Å². The molecule has 0 bridgehead atoms. The van der Waals surface area contributed by atoms with E-state index in [2.05, 4.69) is 5.11 Å². The van der Waals surface area contributed by atoms with Gasteiger partial charge in [-0.3, -0.25) is 40.5 Å². The van der Waals surface area contributed by atoms with Crippen LogP contribution in [0.2, 0.25) is 0 Å². The first-order chi connectivity index (χ1) is 13.4. The Hall–Kier alpha value is -4.56. The highest BCUT2D eigenvalue weighted by Gasteiger charge is 2.28. The lowest BCUT2D eigenvalue weighted by atomic mass is 10.1. The van der Waals surface area contributed by atoms with E-state index in [9.17, 15) is 45.7 Å². The van der Waals surface area contributed by atoms with Crippen LogP contribution in [0.3, 0.4) is 0 Å². The van der Waals surface area contributed by atoms with Crippen LogP contribution in [0.1, 0.15) is 11.1 Å². The maximum absolute atomic E-state index is 12.4. The van der Waals surface area contributed by atoms with Crippen molar-refractivity contribution in [2.75, 3.05) is 0 Å². The Morgan fingerprint density at radius 3 is 1.41 bits per heavy atom. The summed E-state index contributed by atoms with van der Waals surface area (Å²) in [5, 5.41) is 60.1. The van der Waals surface area contributed by atoms with Crippen molar-refractivity contribution >= 4 is 34.1 Å². The second-order valence-corrected chi connectivity index (χ2v) is 5.62. The van der Waals surface area contributed by atoms with E-state index in [-0.39, 0.29) is 16.0 Å². The highest BCUT2D eigenvalue weighted by Crippen LogP contribution is 2.36. The molecule has 2 aromatic carbocycles. The van der Waals surface area contributed by atoms with Gasteiger partial charge in [0, 0.05) is 17.2 Å². The zero-order valence-corrected chi connectivity index (χ0v) is 14.7. The van der Waals surface area contributed by atoms with Gasteiger partial charge in [0.1, 0.15) is 16.8 Å². The molecule has 0 spiro atoms. The van der Waals surface area contributed by atoms with Crippen molar-refractivity contribution in [3.8, 4) is 0 Å². The first-order valence-electron chi connectivity index (χ1n) is 7.49. The summed E-state index contributed by atoms with van der Waals surface area (Å²) in [7, 11) is 0. The number of nitro groups is 4. The maximum atomic E-state index is 12.4. The molecule has 2 aromatic rings. The lowest BCUT2D eigenvalue weighted by molar-refractivity contribution is -0.439. The van der Waals surface area contributed by atoms with Crippen molar-refractivity contribution in [3.05, 3.63) is 81.1 Å². The fourth-order valence-electron chi connectivity index (χ4n) is 2.43. The van der Waals surface area contributed by atoms with Crippen molar-refractivity contribution in [1.29, 1.82) is 0 Å². The summed E-state index contributed by atoms with van der Waals surface area (Å²) in [5.74, 6) is 0. The summed E-state index contributed by atoms with van der Waals surface area (Å²) in [4.78, 5) is 40.3. The number of hydrogen-bond donors (Lipinski definition) is 0. The fraction of sp³-hybridized carbons (Fsp3) is 0.143. The van der Waals surface area contributed by atoms with Gasteiger partial charge in [0.05, 0.1) is 31.8 Å². The molecule has 0 aliphatic heterocycles. The van der Waals surface area contributed by atoms with E-state index in [1.54, 1.807) is 0 Å². The van der Waals surface area contributed by atoms with Gasteiger partial charge >= 0.3 is 0 Å². The van der Waals surface area contributed by atoms with Gasteiger partial charge in [-0.1, -0.05) is 0 Å². The topological polar surface area (TPSA) is 211 Å². The minimum Gasteiger partial charge on any atom is -0.594 e. The van der Waals surface area contributed by atoms with Crippen molar-refractivity contribution in [2.45, 2.75) is 13.8 Å². The van der Waals surface area contributed by atoms with E-state index in [4.69, 9.17) is 0 Å². The Morgan fingerprint density at radius 2 is 1.00 bits per heavy atom. The zero-order chi connectivity index (χ0) is 22.0. The van der Waals surface area contributed by atoms with Gasteiger partial charge in [-0.2, -0.15) is 0 Å². The summed E-state index contributed by atoms with van der Waals surface area (Å²) in [6, 6.07) is 2.99. The minimum absolute atomic E-state index is 0.229. The molecule has 0 heterocycles. The van der Waals surface area contributed by atoms with Crippen molar-refractivity contribution in [1.82, 2.24) is 0 Å². The maximum Gasteiger partial charge on any atom is 0.285 e. The number of nitrogens with zero attached hydrogens (tertiary/aromatic N) is 6. The van der Waals surface area contributed by atoms with E-state index in [1.807, 2.05) is 0 Å². The van der Waals surface area contributed by atoms with Gasteiger partial charge in [0.15, 0.2) is 0 Å². The molecule has 0 aliphatic rings. The van der Waals surface area contributed by atoms with Crippen LogP contribution < -0.4 is 0 Å². The molecule has 0 atom stereocenters. The fourth-order valence-corrected chi connectivity index (χ4v) is 2.43. The molecule has 0 aromatic heterocycles. The summed E-state index contributed by atoms with van der Waals surface area (Å²) in [5.41, 5.74) is -4.40. The second kappa shape index (κ2) is 7.59. The van der Waals surface area contributed by atoms with Gasteiger partial charge < -0.3 is 5.21 Å². The Morgan fingerprint density at radius 1 is 0.621 bits per heavy atom. The van der Waals surface area contributed by atoms with Crippen LogP contribution in [0.4, 0.5) is 34.1 Å². The summed E-state index contributed by atoms with van der Waals surface area (Å²) in [6.45, 7) is 2.29. The molecule has 29 heavy (non-hydrogen) atoms. The molecule has 0 unspecified atom stereocenters. The van der Waals surface area contributed by atoms with E-state index in [0.717, 1.165) is 32.0 Å². The van der Waals surface area contributed by atoms with E-state index < -0.39 is 53.8 Å². The molecule has 15 heteroatoms. The predicted molar refractivity (Wildman–Crippen MR) is 94.4 cm³/mol. The SMILES string of the molecule is Cc1c([N+](=O)[O-])cc(N=[N+]([O-])c2cc([N+](=O)[O-])cc([N+](=O)[O-])c2C)cc1[N+](=O)[O-]. The summed E-state index contributed by atoms with van der Waals surface area (Å²) in [6.07, 6.45) is 0. The molecule has 0 amide bonds. The normalized spacial score (nSPS) is 11.2. The van der Waals surface area contributed by atoms with E-state index >= 15 is 0 Å². The van der Waals surface area contributed by atoms with Gasteiger partial charge in [-0.25, -0.2) is 0 Å². The smallest absolute Gasteiger partial charge is 0.285 e. The lowest BCUT2D eigenvalue weighted by Gasteiger charge is -2.05. The number of benzene rings is 2. The molecule has 15 nitrogen and oxygen atoms in total. The highest BCUT2D eigenvalue weighted by atomic mass is 16.6. The Labute approximate surface area is 159 Å². The first kappa shape index (κ1) is 20.7. The number of azo groups is 1. The van der Waals surface area contributed by atoms with Crippen LogP contribution in [-0.2, 0) is 0 Å². The second-order valence-electron chi connectivity index (χ2n) is 5.62. The average molecular weight is 406 g/mol. The summed E-state index contributed by atoms with van der Waals surface area (Å²) >= 11 is 0. The lowest BCUT2D eigenvalue weighted by Crippen LogP contribution is -2.01. The standard InChI is InChI=1S/C14H10N6O9/c1-7-11(5-10(17(22)23)6-14(7)20(28)29)16(21)15-9-3-12(18(24)25)8(2)13(4-9)19(26)27/h3-6H,1-2H3. The van der Waals surface area contributed by atoms with Crippen LogP contribution in [0.5, 0.6) is 0 Å². The van der Waals surface area contributed by atoms with E-state index in [1.165, 1.54) is 0 Å². The highest BCUT2D eigenvalue weighted by molar-refractivity contribution is 5.62. The van der Waals surface area contributed by atoms with Crippen LogP contribution in [0, 0.1) is 59.5 Å². The van der Waals surface area contributed by atoms with Crippen molar-refractivity contribution < 1.29 is 24.6 Å². The minimum atomic E-state index is -0.953. The monoisotopic (exact) mass is 406 g/mol. The number of rotatable bonds is 6. The van der Waals surface area contributed by atoms with Crippen molar-refractivity contribution in [2.24, 2.45) is 5.11 Å². The van der Waals surface area contributed by atoms with Crippen LogP contribution in [0.15, 0.2) is 29.4 Å². The number of non-ortho nitro benzene ring substituents is 1. The van der Waals surface area contributed by atoms with Gasteiger partial charge in [0.2, 0.25) is 0 Å². The molecule has 0 saturated carbocycles. The molecular formula is C14H10N6O9. The molecular weight excluding hydrogens is 396 g/mol. The molecule has 0 fully saturated rings. The largest absolute Gasteiger partial charge is 0.594 e. The third kappa shape index (κ3) is 4.07. The van der Waals surface area contributed by atoms with E-state index in [0.29, 0.717) is 6.07 Å². The van der Waals surface area contributed by atoms with Crippen molar-refractivity contribution in [3.63, 3.8) is 0 Å². The number of hydrogen-bond acceptors (Lipinski definition) is 10. The predicted octanol–water partition coefficient (Wildman–Crippen LogP) is 3.86. The first-order valence-corrected chi connectivity index (χ1v) is 7.49. The molecule has 0 aliphatic carbocycles. The molecule has 0 N–H and O–H groups in total. The Balaban J connectivity index is 2.74. The van der Waals surface area contributed by atoms with Gasteiger partial charge in [-0.15, -0.1) is 0 Å². The number of nitro benzene ring substituents is 4. The quantitative estimate of drug-likeness (QED) is 0.294. The molecule has 150 valence electrons. The zero-order valence-electron chi connectivity index (χ0n) is 14.7. The third-order valence-corrected chi connectivity index (χ3v) is 3.89. The molecule has 2 rings (SSSR count). The van der Waals surface area contributed by atoms with Crippen LogP contribution >= 0.6 is 0 Å². The third-order valence-electron chi connectivity index (χ3n) is 3.89. The summed E-state index contributed by atoms with van der Waals surface area (Å²) < 4.78 is 0. The van der Waals surface area contributed by atoms with Crippen LogP contribution in [0.25, 0.3) is 0 Å². The molecule has 0 radical (unpaired) electrons. The average Bonchev–Trinajstić information content (AvgIpc) is 2.61. The van der Waals surface area contributed by atoms with Gasteiger partial charge in [0.25, 0.3) is 28.4 Å². The van der Waals surface area contributed by atoms with Crippen LogP contribution in [-0.4, -0.2) is 24.6 Å². The Kier molecular flexibility index (Phi) is 5.43. The Bertz CT molecular complexity index is 1080. The molecule has 0 saturated heterocycles.